The SMILES string of the molecule is S=c1[nH]nc(COc2ccccc2)n1N=C1CCCCC1. The van der Waals surface area contributed by atoms with Crippen LogP contribution >= 0.6 is 12.2 Å². The lowest BCUT2D eigenvalue weighted by Crippen LogP contribution is -2.10. The second-order valence-electron chi connectivity index (χ2n) is 5.09. The molecule has 0 radical (unpaired) electrons. The zero-order valence-corrected chi connectivity index (χ0v) is 12.6. The number of rotatable bonds is 4. The third-order valence-electron chi connectivity index (χ3n) is 3.50. The number of nitrogens with one attached hydrogen (secondary N) is 1. The molecule has 0 aliphatic heterocycles. The molecule has 0 spiro atoms. The molecule has 1 aromatic carbocycles. The van der Waals surface area contributed by atoms with E-state index in [4.69, 9.17) is 17.0 Å². The van der Waals surface area contributed by atoms with Gasteiger partial charge in [0.05, 0.1) is 0 Å². The van der Waals surface area contributed by atoms with E-state index in [2.05, 4.69) is 15.3 Å². The molecule has 1 N–H and O–H groups in total. The molecule has 1 heterocycles. The standard InChI is InChI=1S/C15H18N4OS/c21-15-17-16-14(11-20-13-9-5-2-6-10-13)19(15)18-12-7-3-1-4-8-12/h2,5-6,9-10H,1,3-4,7-8,11H2,(H,17,21). The van der Waals surface area contributed by atoms with Crippen LogP contribution in [0, 0.1) is 4.77 Å². The normalized spacial score (nSPS) is 15.0. The van der Waals surface area contributed by atoms with Crippen LogP contribution in [0.25, 0.3) is 0 Å². The van der Waals surface area contributed by atoms with Crippen molar-refractivity contribution in [1.29, 1.82) is 0 Å². The van der Waals surface area contributed by atoms with Crippen LogP contribution in [0.15, 0.2) is 35.4 Å². The Morgan fingerprint density at radius 3 is 2.71 bits per heavy atom. The highest BCUT2D eigenvalue weighted by molar-refractivity contribution is 7.71. The number of aromatic amines is 1. The van der Waals surface area contributed by atoms with Crippen molar-refractivity contribution in [2.75, 3.05) is 0 Å². The molecule has 1 aromatic heterocycles. The molecule has 0 atom stereocenters. The van der Waals surface area contributed by atoms with Gasteiger partial charge in [0, 0.05) is 5.71 Å². The van der Waals surface area contributed by atoms with Crippen LogP contribution in [0.3, 0.4) is 0 Å². The van der Waals surface area contributed by atoms with Crippen molar-refractivity contribution in [1.82, 2.24) is 14.9 Å². The molecule has 21 heavy (non-hydrogen) atoms. The monoisotopic (exact) mass is 302 g/mol. The maximum Gasteiger partial charge on any atom is 0.216 e. The van der Waals surface area contributed by atoms with E-state index in [-0.39, 0.29) is 0 Å². The first-order valence-electron chi connectivity index (χ1n) is 7.24. The van der Waals surface area contributed by atoms with Crippen molar-refractivity contribution in [3.05, 3.63) is 40.9 Å². The fourth-order valence-corrected chi connectivity index (χ4v) is 2.58. The fourth-order valence-electron chi connectivity index (χ4n) is 2.39. The highest BCUT2D eigenvalue weighted by Gasteiger charge is 2.11. The molecular formula is C15H18N4OS. The van der Waals surface area contributed by atoms with Crippen molar-refractivity contribution < 1.29 is 4.74 Å². The van der Waals surface area contributed by atoms with E-state index >= 15 is 0 Å². The summed E-state index contributed by atoms with van der Waals surface area (Å²) in [6.45, 7) is 0.341. The number of para-hydroxylation sites is 1. The van der Waals surface area contributed by atoms with Crippen molar-refractivity contribution in [3.8, 4) is 5.75 Å². The van der Waals surface area contributed by atoms with Gasteiger partial charge in [0.1, 0.15) is 12.4 Å². The minimum atomic E-state index is 0.341. The van der Waals surface area contributed by atoms with Crippen molar-refractivity contribution in [2.45, 2.75) is 38.7 Å². The van der Waals surface area contributed by atoms with E-state index in [1.165, 1.54) is 25.0 Å². The average Bonchev–Trinajstić information content (AvgIpc) is 2.88. The summed E-state index contributed by atoms with van der Waals surface area (Å²) in [6.07, 6.45) is 5.80. The van der Waals surface area contributed by atoms with E-state index in [0.29, 0.717) is 17.2 Å². The smallest absolute Gasteiger partial charge is 0.216 e. The van der Waals surface area contributed by atoms with Crippen molar-refractivity contribution in [2.24, 2.45) is 5.10 Å². The van der Waals surface area contributed by atoms with Gasteiger partial charge in [-0.15, -0.1) is 0 Å². The van der Waals surface area contributed by atoms with Crippen LogP contribution in [0.5, 0.6) is 5.75 Å². The van der Waals surface area contributed by atoms with Crippen LogP contribution in [-0.4, -0.2) is 20.6 Å². The molecule has 6 heteroatoms. The van der Waals surface area contributed by atoms with E-state index in [1.54, 1.807) is 4.68 Å². The molecule has 3 rings (SSSR count). The molecule has 0 saturated heterocycles. The lowest BCUT2D eigenvalue weighted by molar-refractivity contribution is 0.290. The number of nitrogens with zero attached hydrogens (tertiary/aromatic N) is 3. The Hall–Kier alpha value is -1.95. The Labute approximate surface area is 128 Å². The quantitative estimate of drug-likeness (QED) is 0.876. The Morgan fingerprint density at radius 1 is 1.19 bits per heavy atom. The van der Waals surface area contributed by atoms with Gasteiger partial charge in [0.15, 0.2) is 5.82 Å². The number of H-pyrrole nitrogens is 1. The van der Waals surface area contributed by atoms with Crippen LogP contribution in [0.1, 0.15) is 37.9 Å². The maximum atomic E-state index is 5.72. The van der Waals surface area contributed by atoms with Gasteiger partial charge in [0.2, 0.25) is 4.77 Å². The van der Waals surface area contributed by atoms with E-state index in [1.807, 2.05) is 30.3 Å². The first-order chi connectivity index (χ1) is 10.3. The van der Waals surface area contributed by atoms with Gasteiger partial charge >= 0.3 is 0 Å². The summed E-state index contributed by atoms with van der Waals surface area (Å²) in [5, 5.41) is 11.6. The first-order valence-corrected chi connectivity index (χ1v) is 7.64. The molecule has 1 fully saturated rings. The highest BCUT2D eigenvalue weighted by atomic mass is 32.1. The van der Waals surface area contributed by atoms with Gasteiger partial charge in [-0.05, 0) is 50.0 Å². The number of hydrogen-bond acceptors (Lipinski definition) is 4. The van der Waals surface area contributed by atoms with Gasteiger partial charge in [-0.2, -0.15) is 14.9 Å². The highest BCUT2D eigenvalue weighted by Crippen LogP contribution is 2.16. The largest absolute Gasteiger partial charge is 0.486 e. The molecule has 0 unspecified atom stereocenters. The predicted octanol–water partition coefficient (Wildman–Crippen LogP) is 3.69. The lowest BCUT2D eigenvalue weighted by atomic mass is 9.99. The second-order valence-corrected chi connectivity index (χ2v) is 5.47. The summed E-state index contributed by atoms with van der Waals surface area (Å²) in [6, 6.07) is 9.67. The van der Waals surface area contributed by atoms with E-state index < -0.39 is 0 Å². The molecule has 110 valence electrons. The summed E-state index contributed by atoms with van der Waals surface area (Å²) in [5.74, 6) is 1.50. The number of aromatic nitrogens is 3. The minimum Gasteiger partial charge on any atom is -0.486 e. The van der Waals surface area contributed by atoms with Crippen molar-refractivity contribution >= 4 is 17.9 Å². The fraction of sp³-hybridized carbons (Fsp3) is 0.400. The molecule has 5 nitrogen and oxygen atoms in total. The number of ether oxygens (including phenoxy) is 1. The Bertz CT molecular complexity index is 666. The summed E-state index contributed by atoms with van der Waals surface area (Å²) in [7, 11) is 0. The van der Waals surface area contributed by atoms with Gasteiger partial charge in [-0.3, -0.25) is 0 Å². The summed E-state index contributed by atoms with van der Waals surface area (Å²) in [5.41, 5.74) is 1.19. The van der Waals surface area contributed by atoms with E-state index in [9.17, 15) is 0 Å². The summed E-state index contributed by atoms with van der Waals surface area (Å²) in [4.78, 5) is 0. The number of hydrogen-bond donors (Lipinski definition) is 1. The third-order valence-corrected chi connectivity index (χ3v) is 3.76. The van der Waals surface area contributed by atoms with Crippen LogP contribution in [0.4, 0.5) is 0 Å². The third kappa shape index (κ3) is 3.58. The van der Waals surface area contributed by atoms with Gasteiger partial charge in [-0.1, -0.05) is 24.6 Å². The Balaban J connectivity index is 1.75. The first kappa shape index (κ1) is 14.0. The average molecular weight is 302 g/mol. The van der Waals surface area contributed by atoms with Crippen LogP contribution in [-0.2, 0) is 6.61 Å². The van der Waals surface area contributed by atoms with E-state index in [0.717, 1.165) is 18.6 Å². The Kier molecular flexibility index (Phi) is 4.45. The van der Waals surface area contributed by atoms with Crippen molar-refractivity contribution in [3.63, 3.8) is 0 Å². The molecule has 1 saturated carbocycles. The lowest BCUT2D eigenvalue weighted by Gasteiger charge is -2.12. The van der Waals surface area contributed by atoms with Gasteiger partial charge in [-0.25, -0.2) is 5.10 Å². The molecule has 1 aliphatic carbocycles. The van der Waals surface area contributed by atoms with Gasteiger partial charge in [0.25, 0.3) is 0 Å². The molecule has 0 amide bonds. The Morgan fingerprint density at radius 2 is 1.95 bits per heavy atom. The molecular weight excluding hydrogens is 284 g/mol. The molecule has 0 bridgehead atoms. The zero-order chi connectivity index (χ0) is 14.5. The number of benzene rings is 1. The van der Waals surface area contributed by atoms with Gasteiger partial charge < -0.3 is 4.74 Å². The van der Waals surface area contributed by atoms with Crippen LogP contribution < -0.4 is 4.74 Å². The minimum absolute atomic E-state index is 0.341. The zero-order valence-electron chi connectivity index (χ0n) is 11.8. The summed E-state index contributed by atoms with van der Waals surface area (Å²) < 4.78 is 7.92. The predicted molar refractivity (Wildman–Crippen MR) is 84.1 cm³/mol. The van der Waals surface area contributed by atoms with Crippen LogP contribution in [0.2, 0.25) is 0 Å². The topological polar surface area (TPSA) is 55.2 Å². The summed E-state index contributed by atoms with van der Waals surface area (Å²) >= 11 is 5.25. The second kappa shape index (κ2) is 6.67. The molecule has 1 aliphatic rings. The maximum absolute atomic E-state index is 5.72. The molecule has 2 aromatic rings.